The molecule has 0 aliphatic carbocycles. The Morgan fingerprint density at radius 2 is 1.78 bits per heavy atom. The summed E-state index contributed by atoms with van der Waals surface area (Å²) in [5.74, 6) is -1.73. The lowest BCUT2D eigenvalue weighted by Crippen LogP contribution is -2.48. The van der Waals surface area contributed by atoms with Crippen molar-refractivity contribution in [3.8, 4) is 17.3 Å². The molecule has 3 heterocycles. The maximum Gasteiger partial charge on any atom is 0.356 e. The molecule has 1 fully saturated rings. The predicted molar refractivity (Wildman–Crippen MR) is 149 cm³/mol. The van der Waals surface area contributed by atoms with Gasteiger partial charge in [-0.1, -0.05) is 25.1 Å². The van der Waals surface area contributed by atoms with Crippen LogP contribution in [0.1, 0.15) is 33.5 Å². The number of carboxylic acids is 1. The molecule has 41 heavy (non-hydrogen) atoms. The normalized spacial score (nSPS) is 14.6. The molecule has 1 aliphatic rings. The van der Waals surface area contributed by atoms with Gasteiger partial charge in [0.1, 0.15) is 10.6 Å². The van der Waals surface area contributed by atoms with Crippen LogP contribution in [0.25, 0.3) is 5.69 Å². The third kappa shape index (κ3) is 5.73. The zero-order valence-corrected chi connectivity index (χ0v) is 23.3. The van der Waals surface area contributed by atoms with Crippen LogP contribution in [0.15, 0.2) is 76.2 Å². The molecule has 0 saturated carbocycles. The molecule has 0 spiro atoms. The molecule has 4 aromatic rings. The number of piperazine rings is 1. The van der Waals surface area contributed by atoms with Crippen molar-refractivity contribution < 1.29 is 32.3 Å². The predicted octanol–water partition coefficient (Wildman–Crippen LogP) is 3.84. The first-order valence-corrected chi connectivity index (χ1v) is 14.4. The van der Waals surface area contributed by atoms with E-state index in [4.69, 9.17) is 9.15 Å². The fraction of sp³-hybridized carbons (Fsp3) is 0.250. The molecule has 0 bridgehead atoms. The Labute approximate surface area is 236 Å². The van der Waals surface area contributed by atoms with Gasteiger partial charge in [0.05, 0.1) is 12.0 Å². The summed E-state index contributed by atoms with van der Waals surface area (Å²) < 4.78 is 42.0. The number of furan rings is 1. The number of nitrogens with zero attached hydrogens (tertiary/aromatic N) is 4. The molecule has 214 valence electrons. The summed E-state index contributed by atoms with van der Waals surface area (Å²) in [6.45, 7) is 6.08. The lowest BCUT2D eigenvalue weighted by molar-refractivity contribution is 0.0689. The number of amides is 1. The number of benzene rings is 2. The number of sulfonamides is 1. The molecule has 0 atom stereocenters. The summed E-state index contributed by atoms with van der Waals surface area (Å²) in [6.07, 6.45) is 1.36. The second-order valence-corrected chi connectivity index (χ2v) is 11.3. The van der Waals surface area contributed by atoms with E-state index < -0.39 is 21.9 Å². The van der Waals surface area contributed by atoms with Crippen molar-refractivity contribution in [2.75, 3.05) is 38.0 Å². The summed E-state index contributed by atoms with van der Waals surface area (Å²) in [4.78, 5) is 26.5. The van der Waals surface area contributed by atoms with E-state index in [0.717, 1.165) is 6.54 Å². The van der Waals surface area contributed by atoms with E-state index in [1.807, 2.05) is 6.92 Å². The summed E-state index contributed by atoms with van der Waals surface area (Å²) in [5, 5.41) is 16.6. The number of anilines is 1. The highest BCUT2D eigenvalue weighted by Gasteiger charge is 2.32. The van der Waals surface area contributed by atoms with Crippen LogP contribution in [-0.2, 0) is 10.0 Å². The number of likely N-dealkylation sites (N-methyl/N-ethyl adjacent to an activating group) is 1. The minimum Gasteiger partial charge on any atom is -0.476 e. The number of aromatic nitrogens is 2. The fourth-order valence-corrected chi connectivity index (χ4v) is 6.11. The van der Waals surface area contributed by atoms with Gasteiger partial charge in [0.2, 0.25) is 15.9 Å². The molecule has 2 aromatic carbocycles. The van der Waals surface area contributed by atoms with E-state index in [-0.39, 0.29) is 52.3 Å². The molecule has 5 rings (SSSR count). The Bertz CT molecular complexity index is 1660. The molecular weight excluding hydrogens is 550 g/mol. The Balaban J connectivity index is 1.58. The summed E-state index contributed by atoms with van der Waals surface area (Å²) >= 11 is 0. The molecule has 13 heteroatoms. The summed E-state index contributed by atoms with van der Waals surface area (Å²) in [5.41, 5.74) is 0.729. The van der Waals surface area contributed by atoms with Crippen LogP contribution in [0.5, 0.6) is 11.6 Å². The van der Waals surface area contributed by atoms with Crippen molar-refractivity contribution >= 4 is 27.6 Å². The number of aromatic carboxylic acids is 1. The first-order valence-electron chi connectivity index (χ1n) is 13.0. The number of carbonyl (C=O) groups is 2. The van der Waals surface area contributed by atoms with Gasteiger partial charge in [-0.3, -0.25) is 4.79 Å². The van der Waals surface area contributed by atoms with Crippen LogP contribution in [0.3, 0.4) is 0 Å². The highest BCUT2D eigenvalue weighted by Crippen LogP contribution is 2.37. The largest absolute Gasteiger partial charge is 0.476 e. The zero-order valence-electron chi connectivity index (χ0n) is 22.5. The lowest BCUT2D eigenvalue weighted by Gasteiger charge is -2.33. The monoisotopic (exact) mass is 579 g/mol. The van der Waals surface area contributed by atoms with Gasteiger partial charge >= 0.3 is 5.97 Å². The standard InChI is InChI=1S/C28H29N5O7S/c1-3-31-13-15-32(16-14-31)41(37,38)24-18-20(29-26(34)23-10-7-17-39-23)11-12-22(24)40-27-19(2)25(28(35)36)30-33(27)21-8-5-4-6-9-21/h4-12,17-18H,3,13-16H2,1-2H3,(H,29,34)(H,35,36). The number of nitrogens with one attached hydrogen (secondary N) is 1. The highest BCUT2D eigenvalue weighted by molar-refractivity contribution is 7.89. The van der Waals surface area contributed by atoms with Crippen LogP contribution < -0.4 is 10.1 Å². The van der Waals surface area contributed by atoms with E-state index in [2.05, 4.69) is 15.3 Å². The Morgan fingerprint density at radius 3 is 2.41 bits per heavy atom. The molecule has 1 aliphatic heterocycles. The first kappa shape index (κ1) is 28.1. The van der Waals surface area contributed by atoms with Crippen molar-refractivity contribution in [1.82, 2.24) is 19.0 Å². The number of hydrogen-bond acceptors (Lipinski definition) is 8. The summed E-state index contributed by atoms with van der Waals surface area (Å²) in [6, 6.07) is 16.1. The van der Waals surface area contributed by atoms with E-state index >= 15 is 0 Å². The second-order valence-electron chi connectivity index (χ2n) is 9.36. The van der Waals surface area contributed by atoms with Crippen LogP contribution in [-0.4, -0.2) is 77.1 Å². The van der Waals surface area contributed by atoms with E-state index in [1.165, 1.54) is 39.5 Å². The smallest absolute Gasteiger partial charge is 0.356 e. The molecule has 0 unspecified atom stereocenters. The average molecular weight is 580 g/mol. The van der Waals surface area contributed by atoms with E-state index in [9.17, 15) is 23.1 Å². The number of hydrogen-bond donors (Lipinski definition) is 2. The molecule has 12 nitrogen and oxygen atoms in total. The van der Waals surface area contributed by atoms with Crippen LogP contribution >= 0.6 is 0 Å². The topological polar surface area (TPSA) is 147 Å². The Morgan fingerprint density at radius 1 is 1.05 bits per heavy atom. The molecular formula is C28H29N5O7S. The first-order chi connectivity index (χ1) is 19.7. The second kappa shape index (κ2) is 11.6. The van der Waals surface area contributed by atoms with Crippen LogP contribution in [0, 0.1) is 6.92 Å². The Kier molecular flexibility index (Phi) is 7.92. The maximum absolute atomic E-state index is 14.0. The van der Waals surface area contributed by atoms with Crippen molar-refractivity contribution in [3.05, 3.63) is 83.9 Å². The van der Waals surface area contributed by atoms with E-state index in [1.54, 1.807) is 43.3 Å². The minimum atomic E-state index is -4.10. The van der Waals surface area contributed by atoms with Crippen molar-refractivity contribution in [2.45, 2.75) is 18.7 Å². The SMILES string of the molecule is CCN1CCN(S(=O)(=O)c2cc(NC(=O)c3ccco3)ccc2Oc2c(C)c(C(=O)O)nn2-c2ccccc2)CC1. The van der Waals surface area contributed by atoms with Crippen molar-refractivity contribution in [2.24, 2.45) is 0 Å². The number of carboxylic acid groups (broad SMARTS) is 1. The molecule has 2 aromatic heterocycles. The molecule has 1 amide bonds. The van der Waals surface area contributed by atoms with Gasteiger partial charge < -0.3 is 24.5 Å². The van der Waals surface area contributed by atoms with Crippen LogP contribution in [0.2, 0.25) is 0 Å². The fourth-order valence-electron chi connectivity index (χ4n) is 4.55. The van der Waals surface area contributed by atoms with Gasteiger partial charge in [-0.2, -0.15) is 14.1 Å². The number of rotatable bonds is 9. The number of para-hydroxylation sites is 1. The van der Waals surface area contributed by atoms with Crippen molar-refractivity contribution in [3.63, 3.8) is 0 Å². The van der Waals surface area contributed by atoms with Crippen molar-refractivity contribution in [1.29, 1.82) is 0 Å². The van der Waals surface area contributed by atoms with Gasteiger partial charge in [-0.15, -0.1) is 0 Å². The average Bonchev–Trinajstić information content (AvgIpc) is 3.63. The molecule has 1 saturated heterocycles. The molecule has 0 radical (unpaired) electrons. The zero-order chi connectivity index (χ0) is 29.1. The third-order valence-corrected chi connectivity index (χ3v) is 8.74. The highest BCUT2D eigenvalue weighted by atomic mass is 32.2. The minimum absolute atomic E-state index is 0.0453. The maximum atomic E-state index is 14.0. The summed E-state index contributed by atoms with van der Waals surface area (Å²) in [7, 11) is -4.10. The quantitative estimate of drug-likeness (QED) is 0.302. The molecule has 2 N–H and O–H groups in total. The van der Waals surface area contributed by atoms with Gasteiger partial charge in [-0.05, 0) is 55.9 Å². The Hall–Kier alpha value is -4.46. The van der Waals surface area contributed by atoms with Gasteiger partial charge in [0, 0.05) is 37.4 Å². The van der Waals surface area contributed by atoms with Gasteiger partial charge in [0.25, 0.3) is 5.91 Å². The number of carbonyl (C=O) groups excluding carboxylic acids is 1. The van der Waals surface area contributed by atoms with Gasteiger partial charge in [-0.25, -0.2) is 13.2 Å². The van der Waals surface area contributed by atoms with Gasteiger partial charge in [0.15, 0.2) is 11.5 Å². The third-order valence-electron chi connectivity index (χ3n) is 6.82. The van der Waals surface area contributed by atoms with E-state index in [0.29, 0.717) is 18.8 Å². The number of ether oxygens (including phenoxy) is 1. The van der Waals surface area contributed by atoms with Crippen LogP contribution in [0.4, 0.5) is 5.69 Å². The lowest BCUT2D eigenvalue weighted by atomic mass is 10.2.